The first kappa shape index (κ1) is 13.7. The fourth-order valence-corrected chi connectivity index (χ4v) is 1.96. The predicted molar refractivity (Wildman–Crippen MR) is 78.0 cm³/mol. The number of anilines is 1. The molecule has 2 nitrogen and oxygen atoms in total. The molecule has 0 fully saturated rings. The van der Waals surface area contributed by atoms with Gasteiger partial charge in [-0.3, -0.25) is 4.79 Å². The van der Waals surface area contributed by atoms with Crippen LogP contribution in [-0.4, -0.2) is 5.91 Å². The van der Waals surface area contributed by atoms with Gasteiger partial charge in [0.15, 0.2) is 0 Å². The highest BCUT2D eigenvalue weighted by atomic mass is 79.9. The van der Waals surface area contributed by atoms with E-state index in [1.165, 1.54) is 12.1 Å². The lowest BCUT2D eigenvalue weighted by molar-refractivity contribution is 0.102. The van der Waals surface area contributed by atoms with E-state index >= 15 is 0 Å². The molecule has 0 saturated carbocycles. The van der Waals surface area contributed by atoms with Crippen molar-refractivity contribution in [3.63, 3.8) is 0 Å². The van der Waals surface area contributed by atoms with E-state index in [4.69, 9.17) is 0 Å². The Hall–Kier alpha value is -1.68. The van der Waals surface area contributed by atoms with Crippen molar-refractivity contribution >= 4 is 27.5 Å². The third kappa shape index (κ3) is 3.01. The fourth-order valence-electron chi connectivity index (χ4n) is 1.72. The summed E-state index contributed by atoms with van der Waals surface area (Å²) in [7, 11) is 0. The number of hydrogen-bond acceptors (Lipinski definition) is 1. The summed E-state index contributed by atoms with van der Waals surface area (Å²) >= 11 is 3.06. The second-order valence-corrected chi connectivity index (χ2v) is 5.18. The summed E-state index contributed by atoms with van der Waals surface area (Å²) in [5.74, 6) is -0.770. The standard InChI is InChI=1S/C15H13BrFNO/c1-9-4-3-5-14(10(9)2)18-15(19)11-6-7-12(16)13(17)8-11/h3-8H,1-2H3,(H,18,19). The number of halogens is 2. The van der Waals surface area contributed by atoms with Gasteiger partial charge in [0.1, 0.15) is 5.82 Å². The molecule has 0 saturated heterocycles. The van der Waals surface area contributed by atoms with E-state index in [9.17, 15) is 9.18 Å². The van der Waals surface area contributed by atoms with E-state index in [0.717, 1.165) is 16.8 Å². The zero-order valence-corrected chi connectivity index (χ0v) is 12.2. The zero-order valence-electron chi connectivity index (χ0n) is 10.6. The van der Waals surface area contributed by atoms with Crippen molar-refractivity contribution in [2.24, 2.45) is 0 Å². The van der Waals surface area contributed by atoms with Gasteiger partial charge in [-0.1, -0.05) is 12.1 Å². The summed E-state index contributed by atoms with van der Waals surface area (Å²) in [5.41, 5.74) is 3.14. The predicted octanol–water partition coefficient (Wildman–Crippen LogP) is 4.46. The molecule has 0 aliphatic heterocycles. The number of rotatable bonds is 2. The molecule has 0 aliphatic carbocycles. The van der Waals surface area contributed by atoms with E-state index in [1.54, 1.807) is 6.07 Å². The quantitative estimate of drug-likeness (QED) is 0.869. The van der Waals surface area contributed by atoms with Gasteiger partial charge in [-0.25, -0.2) is 4.39 Å². The maximum atomic E-state index is 13.4. The highest BCUT2D eigenvalue weighted by Gasteiger charge is 2.10. The molecule has 1 N–H and O–H groups in total. The molecule has 19 heavy (non-hydrogen) atoms. The van der Waals surface area contributed by atoms with Crippen LogP contribution in [0.3, 0.4) is 0 Å². The summed E-state index contributed by atoms with van der Waals surface area (Å²) in [6.07, 6.45) is 0. The Bertz CT molecular complexity index is 640. The molecule has 0 aliphatic rings. The Morgan fingerprint density at radius 2 is 1.95 bits per heavy atom. The maximum Gasteiger partial charge on any atom is 0.255 e. The topological polar surface area (TPSA) is 29.1 Å². The largest absolute Gasteiger partial charge is 0.322 e. The molecule has 0 spiro atoms. The van der Waals surface area contributed by atoms with E-state index < -0.39 is 5.82 Å². The minimum Gasteiger partial charge on any atom is -0.322 e. The first-order valence-electron chi connectivity index (χ1n) is 5.81. The van der Waals surface area contributed by atoms with Crippen LogP contribution in [0.1, 0.15) is 21.5 Å². The first-order valence-corrected chi connectivity index (χ1v) is 6.61. The lowest BCUT2D eigenvalue weighted by atomic mass is 10.1. The van der Waals surface area contributed by atoms with Crippen LogP contribution in [0.5, 0.6) is 0 Å². The number of amides is 1. The van der Waals surface area contributed by atoms with E-state index in [0.29, 0.717) is 10.0 Å². The second-order valence-electron chi connectivity index (χ2n) is 4.33. The summed E-state index contributed by atoms with van der Waals surface area (Å²) in [6.45, 7) is 3.91. The lowest BCUT2D eigenvalue weighted by Crippen LogP contribution is -2.13. The van der Waals surface area contributed by atoms with Crippen molar-refractivity contribution in [3.8, 4) is 0 Å². The fraction of sp³-hybridized carbons (Fsp3) is 0.133. The summed E-state index contributed by atoms with van der Waals surface area (Å²) in [6, 6.07) is 9.99. The monoisotopic (exact) mass is 321 g/mol. The van der Waals surface area contributed by atoms with E-state index in [1.807, 2.05) is 32.0 Å². The van der Waals surface area contributed by atoms with Crippen LogP contribution in [-0.2, 0) is 0 Å². The maximum absolute atomic E-state index is 13.4. The molecule has 0 atom stereocenters. The number of hydrogen-bond donors (Lipinski definition) is 1. The molecular formula is C15H13BrFNO. The van der Waals surface area contributed by atoms with Gasteiger partial charge in [-0.05, 0) is 65.2 Å². The summed E-state index contributed by atoms with van der Waals surface area (Å²) < 4.78 is 13.7. The molecular weight excluding hydrogens is 309 g/mol. The number of nitrogens with one attached hydrogen (secondary N) is 1. The minimum absolute atomic E-state index is 0.293. The van der Waals surface area contributed by atoms with Gasteiger partial charge in [0.2, 0.25) is 0 Å². The molecule has 2 aromatic rings. The van der Waals surface area contributed by atoms with Crippen LogP contribution in [0.4, 0.5) is 10.1 Å². The molecule has 1 amide bonds. The van der Waals surface area contributed by atoms with Crippen LogP contribution in [0.2, 0.25) is 0 Å². The van der Waals surface area contributed by atoms with Crippen LogP contribution in [0, 0.1) is 19.7 Å². The van der Waals surface area contributed by atoms with Crippen molar-refractivity contribution in [1.82, 2.24) is 0 Å². The Morgan fingerprint density at radius 1 is 1.21 bits per heavy atom. The molecule has 4 heteroatoms. The third-order valence-corrected chi connectivity index (χ3v) is 3.68. The average molecular weight is 322 g/mol. The number of aryl methyl sites for hydroxylation is 1. The molecule has 0 heterocycles. The first-order chi connectivity index (χ1) is 8.99. The smallest absolute Gasteiger partial charge is 0.255 e. The van der Waals surface area contributed by atoms with E-state index in [2.05, 4.69) is 21.2 Å². The second kappa shape index (κ2) is 5.53. The summed E-state index contributed by atoms with van der Waals surface area (Å²) in [5, 5.41) is 2.79. The molecule has 2 rings (SSSR count). The Labute approximate surface area is 119 Å². The Kier molecular flexibility index (Phi) is 4.00. The molecule has 0 aromatic heterocycles. The van der Waals surface area contributed by atoms with Gasteiger partial charge >= 0.3 is 0 Å². The normalized spacial score (nSPS) is 10.3. The van der Waals surface area contributed by atoms with Crippen LogP contribution < -0.4 is 5.32 Å². The third-order valence-electron chi connectivity index (χ3n) is 3.03. The van der Waals surface area contributed by atoms with Gasteiger partial charge < -0.3 is 5.32 Å². The summed E-state index contributed by atoms with van der Waals surface area (Å²) in [4.78, 5) is 12.0. The van der Waals surface area contributed by atoms with Crippen molar-refractivity contribution < 1.29 is 9.18 Å². The van der Waals surface area contributed by atoms with Crippen LogP contribution >= 0.6 is 15.9 Å². The molecule has 0 bridgehead atoms. The van der Waals surface area contributed by atoms with Crippen molar-refractivity contribution in [2.45, 2.75) is 13.8 Å². The van der Waals surface area contributed by atoms with Crippen molar-refractivity contribution in [3.05, 3.63) is 63.4 Å². The zero-order chi connectivity index (χ0) is 14.0. The molecule has 98 valence electrons. The van der Waals surface area contributed by atoms with Crippen molar-refractivity contribution in [2.75, 3.05) is 5.32 Å². The Balaban J connectivity index is 2.26. The Morgan fingerprint density at radius 3 is 2.63 bits per heavy atom. The van der Waals surface area contributed by atoms with Crippen LogP contribution in [0.25, 0.3) is 0 Å². The van der Waals surface area contributed by atoms with Gasteiger partial charge in [-0.15, -0.1) is 0 Å². The van der Waals surface area contributed by atoms with Gasteiger partial charge in [-0.2, -0.15) is 0 Å². The van der Waals surface area contributed by atoms with Gasteiger partial charge in [0.05, 0.1) is 4.47 Å². The van der Waals surface area contributed by atoms with Gasteiger partial charge in [0, 0.05) is 11.3 Å². The number of benzene rings is 2. The highest BCUT2D eigenvalue weighted by molar-refractivity contribution is 9.10. The van der Waals surface area contributed by atoms with Gasteiger partial charge in [0.25, 0.3) is 5.91 Å². The lowest BCUT2D eigenvalue weighted by Gasteiger charge is -2.10. The number of carbonyl (C=O) groups is 1. The highest BCUT2D eigenvalue weighted by Crippen LogP contribution is 2.20. The molecule has 0 radical (unpaired) electrons. The SMILES string of the molecule is Cc1cccc(NC(=O)c2ccc(Br)c(F)c2)c1C. The van der Waals surface area contributed by atoms with Crippen molar-refractivity contribution in [1.29, 1.82) is 0 Å². The minimum atomic E-state index is -0.450. The van der Waals surface area contributed by atoms with Crippen LogP contribution in [0.15, 0.2) is 40.9 Å². The average Bonchev–Trinajstić information content (AvgIpc) is 2.38. The van der Waals surface area contributed by atoms with E-state index in [-0.39, 0.29) is 5.91 Å². The molecule has 2 aromatic carbocycles. The molecule has 0 unspecified atom stereocenters. The number of carbonyl (C=O) groups excluding carboxylic acids is 1.